The van der Waals surface area contributed by atoms with Gasteiger partial charge in [-0.25, -0.2) is 8.42 Å². The maximum atomic E-state index is 13.1. The number of rotatable bonds is 5. The van der Waals surface area contributed by atoms with Crippen LogP contribution in [0.4, 0.5) is 5.69 Å². The Balaban J connectivity index is 1.74. The van der Waals surface area contributed by atoms with Crippen LogP contribution in [0.25, 0.3) is 10.9 Å². The Morgan fingerprint density at radius 1 is 1.11 bits per heavy atom. The molecule has 0 aliphatic carbocycles. The van der Waals surface area contributed by atoms with E-state index in [2.05, 4.69) is 19.9 Å². The van der Waals surface area contributed by atoms with Gasteiger partial charge in [0.15, 0.2) is 5.16 Å². The Morgan fingerprint density at radius 2 is 1.93 bits per heavy atom. The van der Waals surface area contributed by atoms with Crippen molar-refractivity contribution in [3.63, 3.8) is 0 Å². The minimum absolute atomic E-state index is 0.110. The monoisotopic (exact) mass is 431 g/mol. The zero-order chi connectivity index (χ0) is 19.7. The molecule has 4 aromatic rings. The Bertz CT molecular complexity index is 1270. The molecule has 28 heavy (non-hydrogen) atoms. The van der Waals surface area contributed by atoms with Crippen LogP contribution in [0.5, 0.6) is 0 Å². The van der Waals surface area contributed by atoms with E-state index in [1.807, 2.05) is 19.2 Å². The lowest BCUT2D eigenvalue weighted by Crippen LogP contribution is -2.14. The number of para-hydroxylation sites is 1. The SMILES string of the molecule is Cn1cnnc1Sc1ccccc1NS(=O)(=O)c1ccc(Cl)c2ncccc12. The van der Waals surface area contributed by atoms with Crippen molar-refractivity contribution in [3.8, 4) is 0 Å². The molecule has 0 saturated heterocycles. The molecule has 10 heteroatoms. The molecule has 142 valence electrons. The molecule has 2 aromatic heterocycles. The number of pyridine rings is 1. The number of aromatic nitrogens is 4. The number of aryl methyl sites for hydroxylation is 1. The normalized spacial score (nSPS) is 11.6. The second-order valence-corrected chi connectivity index (χ2v) is 8.94. The Labute approximate surface area is 170 Å². The summed E-state index contributed by atoms with van der Waals surface area (Å²) in [4.78, 5) is 5.01. The zero-order valence-electron chi connectivity index (χ0n) is 14.6. The van der Waals surface area contributed by atoms with E-state index in [1.165, 1.54) is 23.9 Å². The number of nitrogens with one attached hydrogen (secondary N) is 1. The molecule has 7 nitrogen and oxygen atoms in total. The van der Waals surface area contributed by atoms with Gasteiger partial charge < -0.3 is 4.57 Å². The Morgan fingerprint density at radius 3 is 2.71 bits per heavy atom. The largest absolute Gasteiger partial charge is 0.311 e. The predicted molar refractivity (Wildman–Crippen MR) is 109 cm³/mol. The van der Waals surface area contributed by atoms with Gasteiger partial charge in [0.1, 0.15) is 6.33 Å². The minimum Gasteiger partial charge on any atom is -0.311 e. The van der Waals surface area contributed by atoms with Crippen molar-refractivity contribution in [1.29, 1.82) is 0 Å². The van der Waals surface area contributed by atoms with Crippen LogP contribution in [-0.2, 0) is 17.1 Å². The van der Waals surface area contributed by atoms with Gasteiger partial charge in [-0.2, -0.15) is 0 Å². The first kappa shape index (κ1) is 18.7. The van der Waals surface area contributed by atoms with Gasteiger partial charge in [-0.05, 0) is 48.2 Å². The lowest BCUT2D eigenvalue weighted by molar-refractivity contribution is 0.602. The number of fused-ring (bicyclic) bond motifs is 1. The quantitative estimate of drug-likeness (QED) is 0.514. The molecule has 0 spiro atoms. The zero-order valence-corrected chi connectivity index (χ0v) is 17.0. The number of nitrogens with zero attached hydrogens (tertiary/aromatic N) is 4. The highest BCUT2D eigenvalue weighted by Crippen LogP contribution is 2.34. The maximum absolute atomic E-state index is 13.1. The lowest BCUT2D eigenvalue weighted by Gasteiger charge is -2.13. The Kier molecular flexibility index (Phi) is 4.96. The molecule has 0 aliphatic heterocycles. The summed E-state index contributed by atoms with van der Waals surface area (Å²) >= 11 is 7.48. The maximum Gasteiger partial charge on any atom is 0.262 e. The fraction of sp³-hybridized carbons (Fsp3) is 0.0556. The fourth-order valence-electron chi connectivity index (χ4n) is 2.65. The van der Waals surface area contributed by atoms with Crippen molar-refractivity contribution in [2.75, 3.05) is 4.72 Å². The number of anilines is 1. The summed E-state index contributed by atoms with van der Waals surface area (Å²) in [6.45, 7) is 0. The summed E-state index contributed by atoms with van der Waals surface area (Å²) < 4.78 is 30.7. The van der Waals surface area contributed by atoms with Crippen molar-refractivity contribution in [2.45, 2.75) is 14.9 Å². The number of sulfonamides is 1. The second-order valence-electron chi connectivity index (χ2n) is 5.87. The molecular weight excluding hydrogens is 418 g/mol. The summed E-state index contributed by atoms with van der Waals surface area (Å²) in [6, 6.07) is 13.5. The third-order valence-corrected chi connectivity index (χ3v) is 6.83. The third-order valence-electron chi connectivity index (χ3n) is 3.97. The van der Waals surface area contributed by atoms with E-state index < -0.39 is 10.0 Å². The number of hydrogen-bond acceptors (Lipinski definition) is 6. The van der Waals surface area contributed by atoms with Crippen molar-refractivity contribution in [3.05, 3.63) is 66.1 Å². The molecule has 0 aliphatic rings. The highest BCUT2D eigenvalue weighted by atomic mass is 35.5. The molecule has 1 N–H and O–H groups in total. The Hall–Kier alpha value is -2.62. The molecule has 0 fully saturated rings. The van der Waals surface area contributed by atoms with Gasteiger partial charge in [-0.15, -0.1) is 10.2 Å². The molecule has 0 unspecified atom stereocenters. The van der Waals surface area contributed by atoms with E-state index in [9.17, 15) is 8.42 Å². The smallest absolute Gasteiger partial charge is 0.262 e. The first-order chi connectivity index (χ1) is 13.5. The van der Waals surface area contributed by atoms with E-state index in [4.69, 9.17) is 11.6 Å². The minimum atomic E-state index is -3.87. The standard InChI is InChI=1S/C18H14ClN5O2S2/c1-24-11-21-22-18(24)27-15-7-3-2-6-14(15)23-28(25,26)16-9-8-13(19)17-12(16)5-4-10-20-17/h2-11,23H,1H3. The number of hydrogen-bond donors (Lipinski definition) is 1. The van der Waals surface area contributed by atoms with Crippen LogP contribution in [0.2, 0.25) is 5.02 Å². The average Bonchev–Trinajstić information content (AvgIpc) is 3.08. The number of halogens is 1. The molecular formula is C18H14ClN5O2S2. The first-order valence-electron chi connectivity index (χ1n) is 8.12. The highest BCUT2D eigenvalue weighted by molar-refractivity contribution is 7.99. The van der Waals surface area contributed by atoms with E-state index in [0.29, 0.717) is 31.7 Å². The topological polar surface area (TPSA) is 89.8 Å². The van der Waals surface area contributed by atoms with E-state index in [-0.39, 0.29) is 4.90 Å². The molecule has 4 rings (SSSR count). The van der Waals surface area contributed by atoms with Crippen LogP contribution in [0.1, 0.15) is 0 Å². The average molecular weight is 432 g/mol. The third kappa shape index (κ3) is 3.56. The first-order valence-corrected chi connectivity index (χ1v) is 10.8. The van der Waals surface area contributed by atoms with E-state index >= 15 is 0 Å². The van der Waals surface area contributed by atoms with Gasteiger partial charge >= 0.3 is 0 Å². The van der Waals surface area contributed by atoms with Gasteiger partial charge in [0, 0.05) is 23.5 Å². The molecule has 0 atom stereocenters. The fourth-order valence-corrected chi connectivity index (χ4v) is 5.06. The molecule has 0 saturated carbocycles. The van der Waals surface area contributed by atoms with Gasteiger partial charge in [0.05, 0.1) is 21.1 Å². The second kappa shape index (κ2) is 7.42. The van der Waals surface area contributed by atoms with Gasteiger partial charge in [-0.3, -0.25) is 9.71 Å². The summed E-state index contributed by atoms with van der Waals surface area (Å²) in [5.74, 6) is 0. The summed E-state index contributed by atoms with van der Waals surface area (Å²) in [5.41, 5.74) is 0.885. The summed E-state index contributed by atoms with van der Waals surface area (Å²) in [5, 5.41) is 9.38. The van der Waals surface area contributed by atoms with Crippen LogP contribution in [0.3, 0.4) is 0 Å². The van der Waals surface area contributed by atoms with Crippen molar-refractivity contribution in [2.24, 2.45) is 7.05 Å². The number of benzene rings is 2. The van der Waals surface area contributed by atoms with Crippen LogP contribution < -0.4 is 4.72 Å². The lowest BCUT2D eigenvalue weighted by atomic mass is 10.2. The van der Waals surface area contributed by atoms with Crippen LogP contribution >= 0.6 is 23.4 Å². The van der Waals surface area contributed by atoms with Crippen molar-refractivity contribution in [1.82, 2.24) is 19.7 Å². The molecule has 2 heterocycles. The van der Waals surface area contributed by atoms with E-state index in [1.54, 1.807) is 41.4 Å². The van der Waals surface area contributed by atoms with E-state index in [0.717, 1.165) is 0 Å². The molecule has 0 radical (unpaired) electrons. The van der Waals surface area contributed by atoms with Crippen molar-refractivity contribution >= 4 is 50.0 Å². The summed E-state index contributed by atoms with van der Waals surface area (Å²) in [7, 11) is -2.05. The molecule has 0 bridgehead atoms. The van der Waals surface area contributed by atoms with Crippen LogP contribution in [0.15, 0.2) is 76.0 Å². The van der Waals surface area contributed by atoms with Gasteiger partial charge in [-0.1, -0.05) is 23.7 Å². The molecule has 2 aromatic carbocycles. The molecule has 0 amide bonds. The summed E-state index contributed by atoms with van der Waals surface area (Å²) in [6.07, 6.45) is 3.16. The highest BCUT2D eigenvalue weighted by Gasteiger charge is 2.21. The van der Waals surface area contributed by atoms with Crippen LogP contribution in [-0.4, -0.2) is 28.2 Å². The van der Waals surface area contributed by atoms with Gasteiger partial charge in [0.2, 0.25) is 0 Å². The van der Waals surface area contributed by atoms with Crippen LogP contribution in [0, 0.1) is 0 Å². The predicted octanol–water partition coefficient (Wildman–Crippen LogP) is 3.97. The van der Waals surface area contributed by atoms with Gasteiger partial charge in [0.25, 0.3) is 10.0 Å². The van der Waals surface area contributed by atoms with Crippen molar-refractivity contribution < 1.29 is 8.42 Å².